The van der Waals surface area contributed by atoms with Gasteiger partial charge in [-0.1, -0.05) is 74.5 Å². The molecule has 0 saturated heterocycles. The average Bonchev–Trinajstić information content (AvgIpc) is 2.80. The summed E-state index contributed by atoms with van der Waals surface area (Å²) in [6, 6.07) is 18.4. The van der Waals surface area contributed by atoms with Gasteiger partial charge in [-0.05, 0) is 50.7 Å². The highest BCUT2D eigenvalue weighted by Gasteiger charge is 2.32. The summed E-state index contributed by atoms with van der Waals surface area (Å²) in [5.74, 6) is 0.389. The summed E-state index contributed by atoms with van der Waals surface area (Å²) in [6.07, 6.45) is -0.350. The van der Waals surface area contributed by atoms with E-state index in [0.29, 0.717) is 18.9 Å². The number of aliphatic hydroxyl groups excluding tert-OH is 1. The Balaban J connectivity index is 2.14. The smallest absolute Gasteiger partial charge is 0.407 e. The number of hydrogen-bond acceptors (Lipinski definition) is 4. The van der Waals surface area contributed by atoms with Gasteiger partial charge in [-0.15, -0.1) is 0 Å². The quantitative estimate of drug-likeness (QED) is 0.431. The molecular weight excluding hydrogens is 442 g/mol. The Hall–Kier alpha value is -3.06. The molecular formula is C28H41N3O4. The maximum absolute atomic E-state index is 13.3. The lowest BCUT2D eigenvalue weighted by Crippen LogP contribution is -2.57. The molecule has 3 N–H and O–H groups in total. The van der Waals surface area contributed by atoms with Crippen molar-refractivity contribution in [1.82, 2.24) is 15.5 Å². The number of nitrogens with zero attached hydrogens (tertiary/aromatic N) is 1. The fourth-order valence-electron chi connectivity index (χ4n) is 3.62. The number of aliphatic hydroxyl groups is 1. The molecule has 0 aromatic heterocycles. The molecule has 35 heavy (non-hydrogen) atoms. The molecule has 7 nitrogen and oxygen atoms in total. The predicted octanol–water partition coefficient (Wildman–Crippen LogP) is 4.74. The number of carbonyl (C=O) groups is 2. The lowest BCUT2D eigenvalue weighted by atomic mass is 9.98. The fourth-order valence-corrected chi connectivity index (χ4v) is 3.62. The highest BCUT2D eigenvalue weighted by molar-refractivity contribution is 5.75. The first kappa shape index (κ1) is 28.2. The maximum atomic E-state index is 13.3. The van der Waals surface area contributed by atoms with Crippen LogP contribution in [-0.2, 0) is 17.8 Å². The minimum absolute atomic E-state index is 0.0356. The van der Waals surface area contributed by atoms with Crippen LogP contribution in [0.4, 0.5) is 9.59 Å². The molecule has 0 radical (unpaired) electrons. The fraction of sp³-hybridized carbons (Fsp3) is 0.500. The van der Waals surface area contributed by atoms with Crippen LogP contribution in [0.5, 0.6) is 0 Å². The van der Waals surface area contributed by atoms with Gasteiger partial charge in [-0.3, -0.25) is 0 Å². The molecule has 2 atom stereocenters. The Morgan fingerprint density at radius 1 is 0.971 bits per heavy atom. The monoisotopic (exact) mass is 483 g/mol. The Bertz CT molecular complexity index is 897. The van der Waals surface area contributed by atoms with E-state index in [1.807, 2.05) is 81.4 Å². The van der Waals surface area contributed by atoms with Crippen molar-refractivity contribution in [3.63, 3.8) is 0 Å². The molecule has 2 aromatic rings. The van der Waals surface area contributed by atoms with Crippen molar-refractivity contribution in [2.45, 2.75) is 71.8 Å². The van der Waals surface area contributed by atoms with Crippen LogP contribution in [0.15, 0.2) is 60.7 Å². The van der Waals surface area contributed by atoms with Gasteiger partial charge in [0.15, 0.2) is 0 Å². The highest BCUT2D eigenvalue weighted by atomic mass is 16.5. The third kappa shape index (κ3) is 10.8. The number of carbonyl (C=O) groups excluding carboxylic acids is 2. The molecule has 3 amide bonds. The van der Waals surface area contributed by atoms with E-state index in [1.165, 1.54) is 0 Å². The second kappa shape index (κ2) is 13.7. The number of benzene rings is 2. The number of nitrogens with one attached hydrogen (secondary N) is 2. The molecule has 0 aliphatic rings. The van der Waals surface area contributed by atoms with E-state index in [1.54, 1.807) is 4.90 Å². The van der Waals surface area contributed by atoms with E-state index in [4.69, 9.17) is 4.74 Å². The first-order chi connectivity index (χ1) is 16.5. The maximum Gasteiger partial charge on any atom is 0.407 e. The minimum Gasteiger partial charge on any atom is -0.445 e. The normalized spacial score (nSPS) is 13.1. The molecule has 2 rings (SSSR count). The van der Waals surface area contributed by atoms with Crippen molar-refractivity contribution < 1.29 is 19.4 Å². The average molecular weight is 484 g/mol. The third-order valence-corrected chi connectivity index (χ3v) is 5.49. The van der Waals surface area contributed by atoms with Gasteiger partial charge >= 0.3 is 12.1 Å². The van der Waals surface area contributed by atoms with Gasteiger partial charge in [-0.2, -0.15) is 0 Å². The molecule has 0 bridgehead atoms. The molecule has 0 heterocycles. The van der Waals surface area contributed by atoms with Gasteiger partial charge in [0.25, 0.3) is 0 Å². The van der Waals surface area contributed by atoms with E-state index in [2.05, 4.69) is 24.5 Å². The van der Waals surface area contributed by atoms with Crippen LogP contribution in [0, 0.1) is 5.92 Å². The van der Waals surface area contributed by atoms with Crippen molar-refractivity contribution in [2.75, 3.05) is 13.1 Å². The van der Waals surface area contributed by atoms with Crippen molar-refractivity contribution in [3.8, 4) is 0 Å². The Labute approximate surface area is 209 Å². The summed E-state index contributed by atoms with van der Waals surface area (Å²) in [5.41, 5.74) is 1.46. The second-order valence-electron chi connectivity index (χ2n) is 10.3. The molecule has 2 unspecified atom stereocenters. The van der Waals surface area contributed by atoms with Crippen LogP contribution in [0.25, 0.3) is 0 Å². The predicted molar refractivity (Wildman–Crippen MR) is 139 cm³/mol. The standard InChI is InChI=1S/C28H41N3O4/c1-21(2)16-17-31(26(33)30-28(3,4)5)24(18-22-12-8-6-9-13-22)25(32)19-29-27(34)35-20-23-14-10-7-11-15-23/h6-15,21,24-25,32H,16-20H2,1-5H3,(H,29,34)(H,30,33). The molecule has 0 aliphatic carbocycles. The Morgan fingerprint density at radius 2 is 1.54 bits per heavy atom. The van der Waals surface area contributed by atoms with Gasteiger partial charge in [0, 0.05) is 18.6 Å². The number of alkyl carbamates (subject to hydrolysis) is 1. The molecule has 7 heteroatoms. The van der Waals surface area contributed by atoms with Gasteiger partial charge in [-0.25, -0.2) is 9.59 Å². The minimum atomic E-state index is -0.989. The summed E-state index contributed by atoms with van der Waals surface area (Å²) in [5, 5.41) is 16.9. The van der Waals surface area contributed by atoms with Crippen LogP contribution in [0.3, 0.4) is 0 Å². The van der Waals surface area contributed by atoms with Crippen LogP contribution >= 0.6 is 0 Å². The highest BCUT2D eigenvalue weighted by Crippen LogP contribution is 2.17. The zero-order valence-electron chi connectivity index (χ0n) is 21.7. The van der Waals surface area contributed by atoms with E-state index in [9.17, 15) is 14.7 Å². The summed E-state index contributed by atoms with van der Waals surface area (Å²) >= 11 is 0. The van der Waals surface area contributed by atoms with Gasteiger partial charge in [0.2, 0.25) is 0 Å². The summed E-state index contributed by atoms with van der Waals surface area (Å²) in [6.45, 7) is 10.6. The first-order valence-electron chi connectivity index (χ1n) is 12.3. The largest absolute Gasteiger partial charge is 0.445 e. The molecule has 0 saturated carbocycles. The Morgan fingerprint density at radius 3 is 2.09 bits per heavy atom. The number of rotatable bonds is 11. The van der Waals surface area contributed by atoms with Gasteiger partial charge in [0.05, 0.1) is 12.1 Å². The van der Waals surface area contributed by atoms with Gasteiger partial charge < -0.3 is 25.4 Å². The number of amides is 3. The van der Waals surface area contributed by atoms with E-state index < -0.39 is 23.8 Å². The lowest BCUT2D eigenvalue weighted by molar-refractivity contribution is 0.0586. The van der Waals surface area contributed by atoms with Crippen molar-refractivity contribution in [2.24, 2.45) is 5.92 Å². The van der Waals surface area contributed by atoms with Crippen LogP contribution in [0.1, 0.15) is 52.2 Å². The number of urea groups is 1. The van der Waals surface area contributed by atoms with E-state index in [0.717, 1.165) is 17.5 Å². The molecule has 192 valence electrons. The molecule has 0 fully saturated rings. The summed E-state index contributed by atoms with van der Waals surface area (Å²) in [7, 11) is 0. The topological polar surface area (TPSA) is 90.9 Å². The SMILES string of the molecule is CC(C)CCN(C(=O)NC(C)(C)C)C(Cc1ccccc1)C(O)CNC(=O)OCc1ccccc1. The lowest BCUT2D eigenvalue weighted by Gasteiger charge is -2.37. The van der Waals surface area contributed by atoms with Gasteiger partial charge in [0.1, 0.15) is 6.61 Å². The van der Waals surface area contributed by atoms with Crippen LogP contribution in [0.2, 0.25) is 0 Å². The van der Waals surface area contributed by atoms with Crippen molar-refractivity contribution in [3.05, 3.63) is 71.8 Å². The van der Waals surface area contributed by atoms with Crippen LogP contribution < -0.4 is 10.6 Å². The summed E-state index contributed by atoms with van der Waals surface area (Å²) < 4.78 is 5.28. The first-order valence-corrected chi connectivity index (χ1v) is 12.3. The van der Waals surface area contributed by atoms with E-state index in [-0.39, 0.29) is 19.2 Å². The molecule has 0 aliphatic heterocycles. The Kier molecular flexibility index (Phi) is 11.1. The number of hydrogen-bond donors (Lipinski definition) is 3. The van der Waals surface area contributed by atoms with E-state index >= 15 is 0 Å². The number of ether oxygens (including phenoxy) is 1. The second-order valence-corrected chi connectivity index (χ2v) is 10.3. The zero-order chi connectivity index (χ0) is 25.8. The van der Waals surface area contributed by atoms with Crippen molar-refractivity contribution >= 4 is 12.1 Å². The third-order valence-electron chi connectivity index (χ3n) is 5.49. The molecule has 2 aromatic carbocycles. The zero-order valence-corrected chi connectivity index (χ0v) is 21.7. The molecule has 0 spiro atoms. The van der Waals surface area contributed by atoms with Crippen LogP contribution in [-0.4, -0.2) is 52.9 Å². The van der Waals surface area contributed by atoms with Crippen molar-refractivity contribution in [1.29, 1.82) is 0 Å². The summed E-state index contributed by atoms with van der Waals surface area (Å²) in [4.78, 5) is 27.3.